The summed E-state index contributed by atoms with van der Waals surface area (Å²) < 4.78 is 0. The molecular weight excluding hydrogens is 246 g/mol. The highest BCUT2D eigenvalue weighted by molar-refractivity contribution is 7.09. The largest absolute Gasteiger partial charge is 0.356 e. The number of aryl methyl sites for hydroxylation is 1. The molecule has 0 aliphatic rings. The standard InChI is InChI=1S/C13H23N3OS/c1-10-16-11(9-18-10)5-7-14-12(17)6-8-15-13(2,3)4/h9,15H,5-8H2,1-4H3,(H,14,17). The molecule has 0 aliphatic carbocycles. The molecule has 5 heteroatoms. The maximum atomic E-state index is 11.6. The van der Waals surface area contributed by atoms with Gasteiger partial charge < -0.3 is 10.6 Å². The van der Waals surface area contributed by atoms with Crippen LogP contribution in [0, 0.1) is 6.92 Å². The van der Waals surface area contributed by atoms with E-state index in [0.29, 0.717) is 19.5 Å². The lowest BCUT2D eigenvalue weighted by atomic mass is 10.1. The fourth-order valence-corrected chi connectivity index (χ4v) is 2.14. The minimum Gasteiger partial charge on any atom is -0.356 e. The summed E-state index contributed by atoms with van der Waals surface area (Å²) in [4.78, 5) is 15.9. The van der Waals surface area contributed by atoms with Crippen molar-refractivity contribution in [1.29, 1.82) is 0 Å². The Kier molecular flexibility index (Phi) is 5.75. The van der Waals surface area contributed by atoms with Gasteiger partial charge in [0.25, 0.3) is 0 Å². The number of nitrogens with one attached hydrogen (secondary N) is 2. The normalized spacial score (nSPS) is 11.6. The number of amides is 1. The predicted molar refractivity (Wildman–Crippen MR) is 75.9 cm³/mol. The van der Waals surface area contributed by atoms with Gasteiger partial charge in [0.05, 0.1) is 10.7 Å². The summed E-state index contributed by atoms with van der Waals surface area (Å²) in [5.74, 6) is 0.0960. The van der Waals surface area contributed by atoms with E-state index in [2.05, 4.69) is 36.4 Å². The van der Waals surface area contributed by atoms with Crippen LogP contribution in [0.2, 0.25) is 0 Å². The van der Waals surface area contributed by atoms with Crippen molar-refractivity contribution in [2.45, 2.75) is 46.1 Å². The van der Waals surface area contributed by atoms with Crippen molar-refractivity contribution in [2.24, 2.45) is 0 Å². The minimum absolute atomic E-state index is 0.0679. The Labute approximate surface area is 113 Å². The van der Waals surface area contributed by atoms with E-state index in [0.717, 1.165) is 17.1 Å². The maximum absolute atomic E-state index is 11.6. The lowest BCUT2D eigenvalue weighted by Crippen LogP contribution is -2.38. The monoisotopic (exact) mass is 269 g/mol. The van der Waals surface area contributed by atoms with E-state index >= 15 is 0 Å². The number of aromatic nitrogens is 1. The Morgan fingerprint density at radius 2 is 2.11 bits per heavy atom. The zero-order valence-corrected chi connectivity index (χ0v) is 12.5. The summed E-state index contributed by atoms with van der Waals surface area (Å²) in [6.45, 7) is 9.65. The average molecular weight is 269 g/mol. The summed E-state index contributed by atoms with van der Waals surface area (Å²) in [6, 6.07) is 0. The topological polar surface area (TPSA) is 54.0 Å². The Morgan fingerprint density at radius 3 is 2.67 bits per heavy atom. The molecule has 0 bridgehead atoms. The Balaban J connectivity index is 2.10. The molecule has 0 radical (unpaired) electrons. The van der Waals surface area contributed by atoms with Crippen molar-refractivity contribution >= 4 is 17.2 Å². The zero-order chi connectivity index (χ0) is 13.6. The highest BCUT2D eigenvalue weighted by Crippen LogP contribution is 2.07. The van der Waals surface area contributed by atoms with Crippen LogP contribution in [0.1, 0.15) is 37.9 Å². The van der Waals surface area contributed by atoms with Gasteiger partial charge in [0, 0.05) is 36.9 Å². The molecule has 1 rings (SSSR count). The van der Waals surface area contributed by atoms with Crippen molar-refractivity contribution in [3.05, 3.63) is 16.1 Å². The van der Waals surface area contributed by atoms with Crippen LogP contribution >= 0.6 is 11.3 Å². The molecular formula is C13H23N3OS. The second-order valence-electron chi connectivity index (χ2n) is 5.38. The van der Waals surface area contributed by atoms with Gasteiger partial charge in [-0.1, -0.05) is 0 Å². The van der Waals surface area contributed by atoms with Crippen molar-refractivity contribution < 1.29 is 4.79 Å². The number of carbonyl (C=O) groups is 1. The van der Waals surface area contributed by atoms with E-state index in [1.807, 2.05) is 12.3 Å². The molecule has 1 aromatic heterocycles. The Bertz CT molecular complexity index is 382. The third kappa shape index (κ3) is 6.71. The van der Waals surface area contributed by atoms with Crippen LogP contribution in [-0.4, -0.2) is 29.5 Å². The molecule has 0 aliphatic heterocycles. The van der Waals surface area contributed by atoms with Crippen LogP contribution in [0.25, 0.3) is 0 Å². The molecule has 0 saturated carbocycles. The fourth-order valence-electron chi connectivity index (χ4n) is 1.49. The molecule has 102 valence electrons. The first-order valence-electron chi connectivity index (χ1n) is 6.29. The fraction of sp³-hybridized carbons (Fsp3) is 0.692. The first-order valence-corrected chi connectivity index (χ1v) is 7.17. The number of hydrogen-bond donors (Lipinski definition) is 2. The van der Waals surface area contributed by atoms with E-state index in [-0.39, 0.29) is 11.4 Å². The smallest absolute Gasteiger partial charge is 0.221 e. The molecule has 0 atom stereocenters. The lowest BCUT2D eigenvalue weighted by Gasteiger charge is -2.20. The predicted octanol–water partition coefficient (Wildman–Crippen LogP) is 1.89. The molecule has 0 spiro atoms. The molecule has 0 aromatic carbocycles. The van der Waals surface area contributed by atoms with Gasteiger partial charge in [-0.05, 0) is 27.7 Å². The van der Waals surface area contributed by atoms with Crippen LogP contribution in [0.15, 0.2) is 5.38 Å². The third-order valence-electron chi connectivity index (χ3n) is 2.38. The van der Waals surface area contributed by atoms with Crippen LogP contribution < -0.4 is 10.6 Å². The summed E-state index contributed by atoms with van der Waals surface area (Å²) >= 11 is 1.65. The zero-order valence-electron chi connectivity index (χ0n) is 11.7. The molecule has 2 N–H and O–H groups in total. The van der Waals surface area contributed by atoms with E-state index in [4.69, 9.17) is 0 Å². The van der Waals surface area contributed by atoms with Gasteiger partial charge in [0.1, 0.15) is 0 Å². The number of carbonyl (C=O) groups excluding carboxylic acids is 1. The van der Waals surface area contributed by atoms with E-state index in [1.54, 1.807) is 11.3 Å². The number of nitrogens with zero attached hydrogens (tertiary/aromatic N) is 1. The molecule has 0 unspecified atom stereocenters. The van der Waals surface area contributed by atoms with Gasteiger partial charge in [0.2, 0.25) is 5.91 Å². The highest BCUT2D eigenvalue weighted by Gasteiger charge is 2.09. The number of thiazole rings is 1. The second-order valence-corrected chi connectivity index (χ2v) is 6.45. The van der Waals surface area contributed by atoms with Gasteiger partial charge in [-0.3, -0.25) is 4.79 Å². The van der Waals surface area contributed by atoms with Crippen molar-refractivity contribution in [1.82, 2.24) is 15.6 Å². The van der Waals surface area contributed by atoms with E-state index in [9.17, 15) is 4.79 Å². The van der Waals surface area contributed by atoms with Gasteiger partial charge >= 0.3 is 0 Å². The Hall–Kier alpha value is -0.940. The minimum atomic E-state index is 0.0679. The van der Waals surface area contributed by atoms with E-state index in [1.165, 1.54) is 0 Å². The van der Waals surface area contributed by atoms with Crippen LogP contribution in [-0.2, 0) is 11.2 Å². The lowest BCUT2D eigenvalue weighted by molar-refractivity contribution is -0.121. The quantitative estimate of drug-likeness (QED) is 0.829. The second kappa shape index (κ2) is 6.85. The highest BCUT2D eigenvalue weighted by atomic mass is 32.1. The molecule has 0 fully saturated rings. The van der Waals surface area contributed by atoms with Crippen molar-refractivity contribution in [3.63, 3.8) is 0 Å². The van der Waals surface area contributed by atoms with Gasteiger partial charge in [0.15, 0.2) is 0 Å². The van der Waals surface area contributed by atoms with Crippen molar-refractivity contribution in [2.75, 3.05) is 13.1 Å². The van der Waals surface area contributed by atoms with Crippen LogP contribution in [0.5, 0.6) is 0 Å². The molecule has 1 aromatic rings. The first-order chi connectivity index (χ1) is 8.37. The van der Waals surface area contributed by atoms with Crippen LogP contribution in [0.4, 0.5) is 0 Å². The summed E-state index contributed by atoms with van der Waals surface area (Å²) in [5, 5.41) is 9.32. The van der Waals surface area contributed by atoms with Gasteiger partial charge in [-0.2, -0.15) is 0 Å². The molecule has 18 heavy (non-hydrogen) atoms. The molecule has 1 heterocycles. The molecule has 1 amide bonds. The summed E-state index contributed by atoms with van der Waals surface area (Å²) in [7, 11) is 0. The average Bonchev–Trinajstić information content (AvgIpc) is 2.62. The molecule has 0 saturated heterocycles. The number of rotatable bonds is 6. The summed E-state index contributed by atoms with van der Waals surface area (Å²) in [5.41, 5.74) is 1.13. The van der Waals surface area contributed by atoms with E-state index < -0.39 is 0 Å². The Morgan fingerprint density at radius 1 is 1.39 bits per heavy atom. The van der Waals surface area contributed by atoms with Gasteiger partial charge in [-0.15, -0.1) is 11.3 Å². The maximum Gasteiger partial charge on any atom is 0.221 e. The summed E-state index contributed by atoms with van der Waals surface area (Å²) in [6.07, 6.45) is 1.33. The molecule has 4 nitrogen and oxygen atoms in total. The van der Waals surface area contributed by atoms with Gasteiger partial charge in [-0.25, -0.2) is 4.98 Å². The number of hydrogen-bond acceptors (Lipinski definition) is 4. The third-order valence-corrected chi connectivity index (χ3v) is 3.20. The van der Waals surface area contributed by atoms with Crippen LogP contribution in [0.3, 0.4) is 0 Å². The van der Waals surface area contributed by atoms with Crippen molar-refractivity contribution in [3.8, 4) is 0 Å². The SMILES string of the molecule is Cc1nc(CCNC(=O)CCNC(C)(C)C)cs1. The first kappa shape index (κ1) is 15.1.